The molecule has 0 spiro atoms. The number of thioether (sulfide) groups is 1. The molecule has 0 aliphatic rings. The van der Waals surface area contributed by atoms with Crippen LogP contribution in [0.2, 0.25) is 5.02 Å². The number of aromatic hydroxyl groups is 1. The number of aromatic nitrogens is 2. The van der Waals surface area contributed by atoms with Crippen LogP contribution in [0, 0.1) is 12.3 Å². The van der Waals surface area contributed by atoms with Crippen LogP contribution < -0.4 is 0 Å². The molecule has 0 saturated carbocycles. The summed E-state index contributed by atoms with van der Waals surface area (Å²) in [7, 11) is 0. The van der Waals surface area contributed by atoms with Gasteiger partial charge in [0, 0.05) is 41.2 Å². The number of halogens is 3. The Hall–Kier alpha value is -1.21. The molecule has 2 rings (SSSR count). The molecule has 1 heterocycles. The summed E-state index contributed by atoms with van der Waals surface area (Å²) in [6.07, 6.45) is 0. The number of amidine groups is 1. The largest absolute Gasteiger partial charge is 0.493 e. The highest BCUT2D eigenvalue weighted by molar-refractivity contribution is 7.98. The second-order valence-corrected chi connectivity index (χ2v) is 6.62. The van der Waals surface area contributed by atoms with Gasteiger partial charge in [-0.25, -0.2) is 4.98 Å². The van der Waals surface area contributed by atoms with Crippen LogP contribution in [0.4, 0.5) is 0 Å². The van der Waals surface area contributed by atoms with E-state index in [-0.39, 0.29) is 30.7 Å². The molecule has 5 nitrogen and oxygen atoms in total. The molecule has 9 heteroatoms. The summed E-state index contributed by atoms with van der Waals surface area (Å²) in [5, 5.41) is 18.9. The zero-order valence-corrected chi connectivity index (χ0v) is 18.0. The third-order valence-corrected chi connectivity index (χ3v) is 4.83. The van der Waals surface area contributed by atoms with Gasteiger partial charge in [0.15, 0.2) is 5.16 Å². The van der Waals surface area contributed by atoms with E-state index in [1.54, 1.807) is 0 Å². The summed E-state index contributed by atoms with van der Waals surface area (Å²) in [5.41, 5.74) is 2.48. The number of aryl methyl sites for hydroxylation is 1. The predicted molar refractivity (Wildman–Crippen MR) is 114 cm³/mol. The van der Waals surface area contributed by atoms with E-state index in [2.05, 4.69) is 9.97 Å². The smallest absolute Gasteiger partial charge is 0.215 e. The SMILES string of the molecule is CCN(CC)C(=N)c1ccc(CSc2nc(C)cc(O)n2)c(Cl)c1.Cl.Cl. The quantitative estimate of drug-likeness (QED) is 0.289. The van der Waals surface area contributed by atoms with E-state index in [1.165, 1.54) is 17.8 Å². The fraction of sp³-hybridized carbons (Fsp3) is 0.353. The Bertz CT molecular complexity index is 722. The molecule has 2 N–H and O–H groups in total. The molecule has 0 atom stereocenters. The van der Waals surface area contributed by atoms with Gasteiger partial charge >= 0.3 is 0 Å². The third kappa shape index (κ3) is 6.50. The lowest BCUT2D eigenvalue weighted by Gasteiger charge is -2.22. The van der Waals surface area contributed by atoms with E-state index in [9.17, 15) is 5.11 Å². The van der Waals surface area contributed by atoms with Gasteiger partial charge in [-0.05, 0) is 32.4 Å². The fourth-order valence-electron chi connectivity index (χ4n) is 2.27. The van der Waals surface area contributed by atoms with E-state index in [0.717, 1.165) is 29.9 Å². The van der Waals surface area contributed by atoms with Crippen LogP contribution in [-0.2, 0) is 5.75 Å². The maximum atomic E-state index is 9.52. The van der Waals surface area contributed by atoms with Gasteiger partial charge in [-0.15, -0.1) is 24.8 Å². The molecule has 2 aromatic rings. The normalized spacial score (nSPS) is 9.85. The standard InChI is InChI=1S/C17H21ClN4OS.2ClH/c1-4-22(5-2)16(19)12-6-7-13(14(18)9-12)10-24-17-20-11(3)8-15(23)21-17;;/h6-9,19H,4-5,10H2,1-3H3,(H,20,21,23);2*1H. The number of hydrogen-bond acceptors (Lipinski definition) is 5. The van der Waals surface area contributed by atoms with Gasteiger partial charge in [-0.3, -0.25) is 5.41 Å². The first-order valence-electron chi connectivity index (χ1n) is 7.74. The first-order chi connectivity index (χ1) is 11.4. The van der Waals surface area contributed by atoms with Gasteiger partial charge in [0.2, 0.25) is 5.88 Å². The second kappa shape index (κ2) is 11.5. The van der Waals surface area contributed by atoms with Gasteiger partial charge in [0.05, 0.1) is 0 Å². The minimum absolute atomic E-state index is 0. The zero-order chi connectivity index (χ0) is 17.7. The monoisotopic (exact) mass is 436 g/mol. The molecule has 1 aromatic carbocycles. The molecule has 1 aromatic heterocycles. The summed E-state index contributed by atoms with van der Waals surface area (Å²) in [6, 6.07) is 7.19. The average Bonchev–Trinajstić information content (AvgIpc) is 2.53. The Balaban J connectivity index is 0.00000312. The first kappa shape index (κ1) is 24.8. The zero-order valence-electron chi connectivity index (χ0n) is 14.8. The van der Waals surface area contributed by atoms with Gasteiger partial charge < -0.3 is 10.0 Å². The molecule has 0 aliphatic heterocycles. The summed E-state index contributed by atoms with van der Waals surface area (Å²) in [4.78, 5) is 10.2. The van der Waals surface area contributed by atoms with Gasteiger partial charge in [-0.1, -0.05) is 35.5 Å². The van der Waals surface area contributed by atoms with Crippen molar-refractivity contribution in [3.05, 3.63) is 46.1 Å². The van der Waals surface area contributed by atoms with Crippen LogP contribution in [0.5, 0.6) is 5.88 Å². The number of nitrogens with zero attached hydrogens (tertiary/aromatic N) is 3. The molecule has 26 heavy (non-hydrogen) atoms. The Morgan fingerprint density at radius 3 is 2.38 bits per heavy atom. The molecular weight excluding hydrogens is 415 g/mol. The maximum absolute atomic E-state index is 9.52. The molecule has 144 valence electrons. The van der Waals surface area contributed by atoms with Crippen LogP contribution in [0.15, 0.2) is 29.4 Å². The second-order valence-electron chi connectivity index (χ2n) is 5.27. The summed E-state index contributed by atoms with van der Waals surface area (Å²) in [6.45, 7) is 7.45. The highest BCUT2D eigenvalue weighted by Gasteiger charge is 2.11. The van der Waals surface area contributed by atoms with Crippen molar-refractivity contribution in [2.75, 3.05) is 13.1 Å². The highest BCUT2D eigenvalue weighted by Crippen LogP contribution is 2.27. The lowest BCUT2D eigenvalue weighted by molar-refractivity contribution is 0.444. The maximum Gasteiger partial charge on any atom is 0.215 e. The number of hydrogen-bond donors (Lipinski definition) is 2. The van der Waals surface area contributed by atoms with Crippen molar-refractivity contribution in [1.29, 1.82) is 5.41 Å². The van der Waals surface area contributed by atoms with E-state index >= 15 is 0 Å². The molecule has 0 saturated heterocycles. The van der Waals surface area contributed by atoms with Crippen molar-refractivity contribution in [3.63, 3.8) is 0 Å². The van der Waals surface area contributed by atoms with Gasteiger partial charge in [0.25, 0.3) is 0 Å². The van der Waals surface area contributed by atoms with Crippen molar-refractivity contribution in [2.24, 2.45) is 0 Å². The molecule has 0 fully saturated rings. The van der Waals surface area contributed by atoms with Crippen LogP contribution in [0.3, 0.4) is 0 Å². The molecule has 0 radical (unpaired) electrons. The molecule has 0 bridgehead atoms. The number of benzene rings is 1. The average molecular weight is 438 g/mol. The van der Waals surface area contributed by atoms with Crippen LogP contribution in [-0.4, -0.2) is 38.9 Å². The Morgan fingerprint density at radius 2 is 1.85 bits per heavy atom. The van der Waals surface area contributed by atoms with Crippen LogP contribution in [0.25, 0.3) is 0 Å². The van der Waals surface area contributed by atoms with E-state index in [1.807, 2.05) is 43.9 Å². The minimum atomic E-state index is -0.0286. The van der Waals surface area contributed by atoms with E-state index in [4.69, 9.17) is 17.0 Å². The summed E-state index contributed by atoms with van der Waals surface area (Å²) < 4.78 is 0. The molecule has 0 amide bonds. The number of rotatable bonds is 6. The Labute approximate surface area is 175 Å². The number of nitrogens with one attached hydrogen (secondary N) is 1. The van der Waals surface area contributed by atoms with Gasteiger partial charge in [0.1, 0.15) is 5.84 Å². The Morgan fingerprint density at radius 1 is 1.19 bits per heavy atom. The molecule has 0 aliphatic carbocycles. The lowest BCUT2D eigenvalue weighted by atomic mass is 10.1. The van der Waals surface area contributed by atoms with Crippen molar-refractivity contribution in [2.45, 2.75) is 31.7 Å². The van der Waals surface area contributed by atoms with Crippen molar-refractivity contribution >= 4 is 54.0 Å². The molecule has 0 unspecified atom stereocenters. The van der Waals surface area contributed by atoms with Crippen LogP contribution in [0.1, 0.15) is 30.7 Å². The van der Waals surface area contributed by atoms with E-state index in [0.29, 0.717) is 21.8 Å². The topological polar surface area (TPSA) is 73.1 Å². The lowest BCUT2D eigenvalue weighted by Crippen LogP contribution is -2.30. The Kier molecular flexibility index (Phi) is 11.0. The van der Waals surface area contributed by atoms with Crippen LogP contribution >= 0.6 is 48.2 Å². The summed E-state index contributed by atoms with van der Waals surface area (Å²) in [5.74, 6) is 1.05. The predicted octanol–water partition coefficient (Wildman–Crippen LogP) is 4.95. The van der Waals surface area contributed by atoms with Crippen molar-refractivity contribution in [3.8, 4) is 5.88 Å². The van der Waals surface area contributed by atoms with Crippen molar-refractivity contribution < 1.29 is 5.11 Å². The highest BCUT2D eigenvalue weighted by atomic mass is 35.5. The third-order valence-electron chi connectivity index (χ3n) is 3.58. The fourth-order valence-corrected chi connectivity index (χ4v) is 3.50. The minimum Gasteiger partial charge on any atom is -0.493 e. The summed E-state index contributed by atoms with van der Waals surface area (Å²) >= 11 is 7.79. The molecular formula is C17H23Cl3N4OS. The first-order valence-corrected chi connectivity index (χ1v) is 9.10. The van der Waals surface area contributed by atoms with Crippen molar-refractivity contribution in [1.82, 2.24) is 14.9 Å². The van der Waals surface area contributed by atoms with Gasteiger partial charge in [-0.2, -0.15) is 4.98 Å². The van der Waals surface area contributed by atoms with E-state index < -0.39 is 0 Å².